The van der Waals surface area contributed by atoms with Gasteiger partial charge in [-0.3, -0.25) is 0 Å². The van der Waals surface area contributed by atoms with Crippen molar-refractivity contribution in [3.05, 3.63) is 30.3 Å². The normalized spacial score (nSPS) is 10.4. The van der Waals surface area contributed by atoms with Crippen LogP contribution in [-0.2, 0) is 4.74 Å². The third-order valence-electron chi connectivity index (χ3n) is 2.44. The molecule has 17 heavy (non-hydrogen) atoms. The maximum absolute atomic E-state index is 5.55. The Hall–Kier alpha value is -1.06. The first-order valence-corrected chi connectivity index (χ1v) is 6.39. The van der Waals surface area contributed by atoms with E-state index in [-0.39, 0.29) is 0 Å². The van der Waals surface area contributed by atoms with Crippen molar-refractivity contribution in [1.29, 1.82) is 0 Å². The van der Waals surface area contributed by atoms with Crippen LogP contribution in [0.1, 0.15) is 25.7 Å². The molecule has 0 spiro atoms. The first kappa shape index (κ1) is 14.0. The molecule has 0 saturated carbocycles. The van der Waals surface area contributed by atoms with E-state index < -0.39 is 0 Å². The van der Waals surface area contributed by atoms with E-state index in [0.717, 1.165) is 51.2 Å². The molecular formula is C14H23NO2. The molecule has 3 heteroatoms. The van der Waals surface area contributed by atoms with E-state index in [4.69, 9.17) is 15.2 Å². The summed E-state index contributed by atoms with van der Waals surface area (Å²) in [7, 11) is 0. The number of benzene rings is 1. The summed E-state index contributed by atoms with van der Waals surface area (Å²) in [5, 5.41) is 0. The zero-order valence-corrected chi connectivity index (χ0v) is 10.4. The molecule has 1 aromatic carbocycles. The fraction of sp³-hybridized carbons (Fsp3) is 0.571. The minimum atomic E-state index is 0.715. The van der Waals surface area contributed by atoms with E-state index in [2.05, 4.69) is 0 Å². The maximum Gasteiger partial charge on any atom is 0.119 e. The molecule has 1 aromatic rings. The number of hydrogen-bond donors (Lipinski definition) is 1. The van der Waals surface area contributed by atoms with E-state index >= 15 is 0 Å². The van der Waals surface area contributed by atoms with Gasteiger partial charge in [-0.05, 0) is 37.9 Å². The van der Waals surface area contributed by atoms with Crippen molar-refractivity contribution in [2.75, 3.05) is 26.4 Å². The van der Waals surface area contributed by atoms with Crippen LogP contribution in [0.15, 0.2) is 30.3 Å². The molecule has 0 heterocycles. The molecule has 0 atom stereocenters. The smallest absolute Gasteiger partial charge is 0.119 e. The van der Waals surface area contributed by atoms with Gasteiger partial charge in [-0.2, -0.15) is 0 Å². The number of ether oxygens (including phenoxy) is 2. The number of nitrogens with two attached hydrogens (primary N) is 1. The first-order valence-electron chi connectivity index (χ1n) is 6.39. The summed E-state index contributed by atoms with van der Waals surface area (Å²) in [6.07, 6.45) is 4.31. The highest BCUT2D eigenvalue weighted by Gasteiger charge is 1.93. The van der Waals surface area contributed by atoms with Crippen molar-refractivity contribution in [3.8, 4) is 5.75 Å². The Bertz CT molecular complexity index is 264. The Kier molecular flexibility index (Phi) is 8.33. The predicted octanol–water partition coefficient (Wildman–Crippen LogP) is 2.60. The first-order chi connectivity index (χ1) is 8.43. The van der Waals surface area contributed by atoms with Crippen LogP contribution in [-0.4, -0.2) is 26.4 Å². The molecule has 96 valence electrons. The van der Waals surface area contributed by atoms with Crippen LogP contribution in [0, 0.1) is 0 Å². The third-order valence-corrected chi connectivity index (χ3v) is 2.44. The van der Waals surface area contributed by atoms with Gasteiger partial charge in [0.25, 0.3) is 0 Å². The van der Waals surface area contributed by atoms with Crippen molar-refractivity contribution in [2.45, 2.75) is 25.7 Å². The van der Waals surface area contributed by atoms with Crippen molar-refractivity contribution in [3.63, 3.8) is 0 Å². The fourth-order valence-corrected chi connectivity index (χ4v) is 1.50. The summed E-state index contributed by atoms with van der Waals surface area (Å²) in [5.74, 6) is 0.926. The molecule has 0 saturated heterocycles. The highest BCUT2D eigenvalue weighted by atomic mass is 16.5. The van der Waals surface area contributed by atoms with Gasteiger partial charge in [-0.25, -0.2) is 0 Å². The number of hydrogen-bond acceptors (Lipinski definition) is 3. The van der Waals surface area contributed by atoms with Crippen LogP contribution >= 0.6 is 0 Å². The highest BCUT2D eigenvalue weighted by molar-refractivity contribution is 5.20. The van der Waals surface area contributed by atoms with Gasteiger partial charge in [0.2, 0.25) is 0 Å². The Morgan fingerprint density at radius 3 is 2.35 bits per heavy atom. The summed E-state index contributed by atoms with van der Waals surface area (Å²) in [4.78, 5) is 0. The van der Waals surface area contributed by atoms with Crippen molar-refractivity contribution in [2.24, 2.45) is 5.73 Å². The van der Waals surface area contributed by atoms with Crippen LogP contribution in [0.5, 0.6) is 5.75 Å². The molecular weight excluding hydrogens is 214 g/mol. The second-order valence-corrected chi connectivity index (χ2v) is 3.98. The minimum Gasteiger partial charge on any atom is -0.494 e. The summed E-state index contributed by atoms with van der Waals surface area (Å²) >= 11 is 0. The third kappa shape index (κ3) is 7.77. The van der Waals surface area contributed by atoms with Gasteiger partial charge in [0.1, 0.15) is 5.75 Å². The van der Waals surface area contributed by atoms with Gasteiger partial charge in [-0.15, -0.1) is 0 Å². The number of unbranched alkanes of at least 4 members (excludes halogenated alkanes) is 2. The van der Waals surface area contributed by atoms with Crippen LogP contribution < -0.4 is 10.5 Å². The second-order valence-electron chi connectivity index (χ2n) is 3.98. The molecule has 0 aromatic heterocycles. The maximum atomic E-state index is 5.55. The molecule has 0 aliphatic heterocycles. The highest BCUT2D eigenvalue weighted by Crippen LogP contribution is 2.08. The van der Waals surface area contributed by atoms with E-state index in [1.807, 2.05) is 30.3 Å². The van der Waals surface area contributed by atoms with Crippen LogP contribution in [0.3, 0.4) is 0 Å². The quantitative estimate of drug-likeness (QED) is 0.636. The van der Waals surface area contributed by atoms with Gasteiger partial charge in [0, 0.05) is 19.6 Å². The SMILES string of the molecule is NCCCCCOCCCOc1ccccc1. The van der Waals surface area contributed by atoms with Crippen LogP contribution in [0.2, 0.25) is 0 Å². The van der Waals surface area contributed by atoms with Crippen molar-refractivity contribution < 1.29 is 9.47 Å². The lowest BCUT2D eigenvalue weighted by atomic mass is 10.2. The predicted molar refractivity (Wildman–Crippen MR) is 70.3 cm³/mol. The Balaban J connectivity index is 1.85. The molecule has 0 unspecified atom stereocenters. The standard InChI is InChI=1S/C14H23NO2/c15-10-5-2-6-11-16-12-7-13-17-14-8-3-1-4-9-14/h1,3-4,8-9H,2,5-7,10-13,15H2. The molecule has 0 bridgehead atoms. The molecule has 3 nitrogen and oxygen atoms in total. The van der Waals surface area contributed by atoms with E-state index in [9.17, 15) is 0 Å². The number of rotatable bonds is 10. The van der Waals surface area contributed by atoms with Gasteiger partial charge < -0.3 is 15.2 Å². The zero-order chi connectivity index (χ0) is 12.2. The molecule has 0 amide bonds. The number of para-hydroxylation sites is 1. The van der Waals surface area contributed by atoms with E-state index in [0.29, 0.717) is 6.61 Å². The zero-order valence-electron chi connectivity index (χ0n) is 10.4. The van der Waals surface area contributed by atoms with E-state index in [1.165, 1.54) is 0 Å². The molecule has 2 N–H and O–H groups in total. The Morgan fingerprint density at radius 2 is 1.59 bits per heavy atom. The van der Waals surface area contributed by atoms with Gasteiger partial charge in [-0.1, -0.05) is 18.2 Å². The molecule has 0 radical (unpaired) electrons. The molecule has 0 fully saturated rings. The molecule has 0 aliphatic rings. The summed E-state index contributed by atoms with van der Waals surface area (Å²) in [6.45, 7) is 3.11. The van der Waals surface area contributed by atoms with Gasteiger partial charge >= 0.3 is 0 Å². The molecule has 0 aliphatic carbocycles. The fourth-order valence-electron chi connectivity index (χ4n) is 1.50. The Labute approximate surface area is 104 Å². The topological polar surface area (TPSA) is 44.5 Å². The monoisotopic (exact) mass is 237 g/mol. The van der Waals surface area contributed by atoms with Crippen molar-refractivity contribution in [1.82, 2.24) is 0 Å². The second kappa shape index (κ2) is 10.1. The Morgan fingerprint density at radius 1 is 0.824 bits per heavy atom. The van der Waals surface area contributed by atoms with Crippen molar-refractivity contribution >= 4 is 0 Å². The summed E-state index contributed by atoms with van der Waals surface area (Å²) in [6, 6.07) is 9.87. The average Bonchev–Trinajstić information content (AvgIpc) is 2.38. The summed E-state index contributed by atoms with van der Waals surface area (Å²) < 4.78 is 11.1. The van der Waals surface area contributed by atoms with Gasteiger partial charge in [0.15, 0.2) is 0 Å². The minimum absolute atomic E-state index is 0.715. The largest absolute Gasteiger partial charge is 0.494 e. The lowest BCUT2D eigenvalue weighted by Crippen LogP contribution is -2.04. The van der Waals surface area contributed by atoms with E-state index in [1.54, 1.807) is 0 Å². The van der Waals surface area contributed by atoms with Crippen LogP contribution in [0.4, 0.5) is 0 Å². The summed E-state index contributed by atoms with van der Waals surface area (Å²) in [5.41, 5.74) is 5.41. The lowest BCUT2D eigenvalue weighted by Gasteiger charge is -2.06. The average molecular weight is 237 g/mol. The van der Waals surface area contributed by atoms with Gasteiger partial charge in [0.05, 0.1) is 6.61 Å². The van der Waals surface area contributed by atoms with Crippen LogP contribution in [0.25, 0.3) is 0 Å². The lowest BCUT2D eigenvalue weighted by molar-refractivity contribution is 0.116. The molecule has 1 rings (SSSR count).